The molecule has 0 aliphatic carbocycles. The van der Waals surface area contributed by atoms with E-state index >= 15 is 0 Å². The van der Waals surface area contributed by atoms with E-state index in [1.54, 1.807) is 0 Å². The first-order valence-corrected chi connectivity index (χ1v) is 11.9. The van der Waals surface area contributed by atoms with Gasteiger partial charge in [0.05, 0.1) is 22.7 Å². The Bertz CT molecular complexity index is 1250. The van der Waals surface area contributed by atoms with Crippen LogP contribution in [0.25, 0.3) is 0 Å². The summed E-state index contributed by atoms with van der Waals surface area (Å²) in [6, 6.07) is 10.9. The van der Waals surface area contributed by atoms with Crippen molar-refractivity contribution < 1.29 is 26.0 Å². The van der Waals surface area contributed by atoms with Crippen LogP contribution in [0.1, 0.15) is 12.5 Å². The van der Waals surface area contributed by atoms with Gasteiger partial charge in [0.15, 0.2) is 9.84 Å². The minimum atomic E-state index is -4.04. The Morgan fingerprint density at radius 3 is 2.27 bits per heavy atom. The number of halogens is 1. The molecule has 0 aromatic heterocycles. The van der Waals surface area contributed by atoms with Crippen LogP contribution in [-0.2, 0) is 31.4 Å². The van der Waals surface area contributed by atoms with Gasteiger partial charge in [0.2, 0.25) is 0 Å². The SMILES string of the molecule is CC1=NS(=O)(=O)N(Cc2ccc(F)cc2)C=C1C(=O)Nc1ccc(S(C)(=O)=O)cc1. The third-order valence-electron chi connectivity index (χ3n) is 4.25. The maximum atomic E-state index is 13.1. The number of benzene rings is 2. The van der Waals surface area contributed by atoms with Gasteiger partial charge < -0.3 is 5.32 Å². The highest BCUT2D eigenvalue weighted by Crippen LogP contribution is 2.21. The summed E-state index contributed by atoms with van der Waals surface area (Å²) >= 11 is 0. The van der Waals surface area contributed by atoms with Crippen LogP contribution >= 0.6 is 0 Å². The number of anilines is 1. The number of amides is 1. The molecule has 1 amide bonds. The van der Waals surface area contributed by atoms with Crippen LogP contribution in [0.3, 0.4) is 0 Å². The molecule has 0 atom stereocenters. The molecule has 2 aromatic carbocycles. The van der Waals surface area contributed by atoms with Crippen molar-refractivity contribution in [3.63, 3.8) is 0 Å². The zero-order valence-electron chi connectivity index (χ0n) is 16.0. The summed E-state index contributed by atoms with van der Waals surface area (Å²) < 4.78 is 65.4. The van der Waals surface area contributed by atoms with Crippen molar-refractivity contribution >= 4 is 37.4 Å². The van der Waals surface area contributed by atoms with Gasteiger partial charge in [-0.05, 0) is 48.9 Å². The molecule has 1 aliphatic heterocycles. The van der Waals surface area contributed by atoms with Gasteiger partial charge in [-0.1, -0.05) is 12.1 Å². The lowest BCUT2D eigenvalue weighted by Crippen LogP contribution is -2.32. The summed E-state index contributed by atoms with van der Waals surface area (Å²) in [6.45, 7) is 1.27. The smallest absolute Gasteiger partial charge is 0.322 e. The molecule has 1 aliphatic rings. The molecular weight excluding hydrogens is 433 g/mol. The number of sulfone groups is 1. The number of carbonyl (C=O) groups excluding carboxylic acids is 1. The highest BCUT2D eigenvalue weighted by atomic mass is 32.2. The van der Waals surface area contributed by atoms with E-state index in [9.17, 15) is 26.0 Å². The lowest BCUT2D eigenvalue weighted by Gasteiger charge is -2.23. The van der Waals surface area contributed by atoms with Crippen LogP contribution in [0.4, 0.5) is 10.1 Å². The Kier molecular flexibility index (Phi) is 5.77. The first kappa shape index (κ1) is 21.7. The Morgan fingerprint density at radius 2 is 1.70 bits per heavy atom. The second kappa shape index (κ2) is 8.00. The number of rotatable bonds is 5. The van der Waals surface area contributed by atoms with E-state index < -0.39 is 31.8 Å². The quantitative estimate of drug-likeness (QED) is 0.749. The predicted octanol–water partition coefficient (Wildman–Crippen LogP) is 2.27. The fourth-order valence-electron chi connectivity index (χ4n) is 2.68. The van der Waals surface area contributed by atoms with Crippen molar-refractivity contribution in [3.8, 4) is 0 Å². The molecule has 0 bridgehead atoms. The molecular formula is C19H18FN3O5S2. The minimum Gasteiger partial charge on any atom is -0.322 e. The van der Waals surface area contributed by atoms with Gasteiger partial charge >= 0.3 is 10.2 Å². The van der Waals surface area contributed by atoms with Crippen LogP contribution < -0.4 is 5.32 Å². The Hall–Kier alpha value is -3.05. The van der Waals surface area contributed by atoms with Crippen molar-refractivity contribution in [3.05, 3.63) is 71.7 Å². The topological polar surface area (TPSA) is 113 Å². The van der Waals surface area contributed by atoms with Crippen molar-refractivity contribution in [2.75, 3.05) is 11.6 Å². The average molecular weight is 452 g/mol. The van der Waals surface area contributed by atoms with Crippen LogP contribution in [0.2, 0.25) is 0 Å². The Morgan fingerprint density at radius 1 is 1.10 bits per heavy atom. The molecule has 2 aromatic rings. The molecule has 30 heavy (non-hydrogen) atoms. The maximum Gasteiger partial charge on any atom is 0.344 e. The Balaban J connectivity index is 1.83. The van der Waals surface area contributed by atoms with E-state index in [4.69, 9.17) is 0 Å². The summed E-state index contributed by atoms with van der Waals surface area (Å²) in [5.74, 6) is -1.06. The van der Waals surface area contributed by atoms with Gasteiger partial charge in [-0.2, -0.15) is 8.42 Å². The zero-order chi connectivity index (χ0) is 22.1. The maximum absolute atomic E-state index is 13.1. The fourth-order valence-corrected chi connectivity index (χ4v) is 4.41. The third-order valence-corrected chi connectivity index (χ3v) is 6.71. The molecule has 0 spiro atoms. The van der Waals surface area contributed by atoms with E-state index in [0.29, 0.717) is 11.3 Å². The molecule has 0 fully saturated rings. The van der Waals surface area contributed by atoms with E-state index in [-0.39, 0.29) is 22.7 Å². The summed E-state index contributed by atoms with van der Waals surface area (Å²) in [6.07, 6.45) is 2.24. The summed E-state index contributed by atoms with van der Waals surface area (Å²) in [4.78, 5) is 12.8. The lowest BCUT2D eigenvalue weighted by atomic mass is 10.1. The number of hydrogen-bond donors (Lipinski definition) is 1. The molecule has 0 saturated heterocycles. The molecule has 0 radical (unpaired) electrons. The number of hydrogen-bond acceptors (Lipinski definition) is 5. The summed E-state index contributed by atoms with van der Waals surface area (Å²) in [7, 11) is -7.41. The Labute approximate surface area is 173 Å². The molecule has 0 saturated carbocycles. The first-order valence-electron chi connectivity index (χ1n) is 8.62. The third kappa shape index (κ3) is 4.92. The van der Waals surface area contributed by atoms with Gasteiger partial charge in [0.25, 0.3) is 5.91 Å². The molecule has 1 heterocycles. The fraction of sp³-hybridized carbons (Fsp3) is 0.158. The van der Waals surface area contributed by atoms with E-state index in [2.05, 4.69) is 9.71 Å². The molecule has 158 valence electrons. The molecule has 0 unspecified atom stereocenters. The molecule has 3 rings (SSSR count). The van der Waals surface area contributed by atoms with Crippen molar-refractivity contribution in [2.24, 2.45) is 4.40 Å². The van der Waals surface area contributed by atoms with Crippen LogP contribution in [-0.4, -0.2) is 39.0 Å². The highest BCUT2D eigenvalue weighted by Gasteiger charge is 2.28. The van der Waals surface area contributed by atoms with Crippen LogP contribution in [0.15, 0.2) is 69.6 Å². The van der Waals surface area contributed by atoms with Crippen LogP contribution in [0.5, 0.6) is 0 Å². The second-order valence-electron chi connectivity index (χ2n) is 6.62. The van der Waals surface area contributed by atoms with Crippen molar-refractivity contribution in [1.29, 1.82) is 0 Å². The second-order valence-corrected chi connectivity index (χ2v) is 10.2. The average Bonchev–Trinajstić information content (AvgIpc) is 2.64. The lowest BCUT2D eigenvalue weighted by molar-refractivity contribution is -0.112. The van der Waals surface area contributed by atoms with Crippen molar-refractivity contribution in [2.45, 2.75) is 18.4 Å². The number of carbonyl (C=O) groups is 1. The number of nitrogens with zero attached hydrogens (tertiary/aromatic N) is 2. The van der Waals surface area contributed by atoms with Crippen LogP contribution in [0, 0.1) is 5.82 Å². The standard InChI is InChI=1S/C19H18FN3O5S2/c1-13-18(19(24)21-16-7-9-17(10-8-16)29(2,25)26)12-23(30(27,28)22-13)11-14-3-5-15(20)6-4-14/h3-10,12H,11H2,1-2H3,(H,21,24). The van der Waals surface area contributed by atoms with E-state index in [1.807, 2.05) is 0 Å². The van der Waals surface area contributed by atoms with Gasteiger partial charge in [0, 0.05) is 18.1 Å². The first-order chi connectivity index (χ1) is 14.0. The monoisotopic (exact) mass is 451 g/mol. The van der Waals surface area contributed by atoms with Gasteiger partial charge in [-0.15, -0.1) is 4.40 Å². The van der Waals surface area contributed by atoms with E-state index in [0.717, 1.165) is 10.6 Å². The van der Waals surface area contributed by atoms with Gasteiger partial charge in [-0.3, -0.25) is 9.10 Å². The normalized spacial score (nSPS) is 15.9. The largest absolute Gasteiger partial charge is 0.344 e. The number of nitrogens with one attached hydrogen (secondary N) is 1. The van der Waals surface area contributed by atoms with Crippen molar-refractivity contribution in [1.82, 2.24) is 4.31 Å². The predicted molar refractivity (Wildman–Crippen MR) is 110 cm³/mol. The van der Waals surface area contributed by atoms with Gasteiger partial charge in [0.1, 0.15) is 5.82 Å². The molecule has 8 nitrogen and oxygen atoms in total. The highest BCUT2D eigenvalue weighted by molar-refractivity contribution is 7.90. The minimum absolute atomic E-state index is 0.00983. The summed E-state index contributed by atoms with van der Waals surface area (Å²) in [5, 5.41) is 2.59. The molecule has 11 heteroatoms. The van der Waals surface area contributed by atoms with E-state index in [1.165, 1.54) is 61.7 Å². The molecule has 1 N–H and O–H groups in total. The summed E-state index contributed by atoms with van der Waals surface area (Å²) in [5.41, 5.74) is 0.886. The zero-order valence-corrected chi connectivity index (χ0v) is 17.7. The van der Waals surface area contributed by atoms with Gasteiger partial charge in [-0.25, -0.2) is 12.8 Å².